The fourth-order valence-electron chi connectivity index (χ4n) is 3.17. The molecule has 2 atom stereocenters. The van der Waals surface area contributed by atoms with Crippen LogP contribution in [0.4, 0.5) is 0 Å². The molecule has 1 aliphatic rings. The van der Waals surface area contributed by atoms with Gasteiger partial charge in [-0.25, -0.2) is 0 Å². The first-order valence-electron chi connectivity index (χ1n) is 7.61. The zero-order chi connectivity index (χ0) is 16.2. The van der Waals surface area contributed by atoms with E-state index in [-0.39, 0.29) is 5.92 Å². The molecule has 2 aromatic rings. The number of ether oxygens (including phenoxy) is 1. The number of aliphatic carboxylic acids is 1. The van der Waals surface area contributed by atoms with Gasteiger partial charge in [0.05, 0.1) is 19.1 Å². The van der Waals surface area contributed by atoms with Crippen molar-refractivity contribution in [3.8, 4) is 0 Å². The lowest BCUT2D eigenvalue weighted by Gasteiger charge is -2.15. The molecule has 1 aromatic heterocycles. The first kappa shape index (κ1) is 15.7. The minimum Gasteiger partial charge on any atom is -0.481 e. The molecule has 0 spiro atoms. The number of aromatic nitrogens is 1. The Labute approximate surface area is 134 Å². The minimum atomic E-state index is -0.751. The summed E-state index contributed by atoms with van der Waals surface area (Å²) in [5, 5.41) is 13.5. The Morgan fingerprint density at radius 2 is 2.17 bits per heavy atom. The van der Waals surface area contributed by atoms with Gasteiger partial charge in [-0.15, -0.1) is 0 Å². The van der Waals surface area contributed by atoms with Crippen molar-refractivity contribution in [3.63, 3.8) is 0 Å². The Bertz CT molecular complexity index is 656. The average molecular weight is 316 g/mol. The van der Waals surface area contributed by atoms with Gasteiger partial charge in [-0.1, -0.05) is 35.5 Å². The van der Waals surface area contributed by atoms with Crippen LogP contribution in [-0.4, -0.2) is 41.3 Å². The van der Waals surface area contributed by atoms with E-state index in [0.717, 1.165) is 17.0 Å². The van der Waals surface area contributed by atoms with Crippen LogP contribution >= 0.6 is 0 Å². The second-order valence-corrected chi connectivity index (χ2v) is 5.87. The van der Waals surface area contributed by atoms with E-state index < -0.39 is 11.9 Å². The van der Waals surface area contributed by atoms with Gasteiger partial charge in [0.25, 0.3) is 0 Å². The summed E-state index contributed by atoms with van der Waals surface area (Å²) in [5.74, 6) is -0.428. The summed E-state index contributed by atoms with van der Waals surface area (Å²) in [6, 6.07) is 11.7. The highest BCUT2D eigenvalue weighted by atomic mass is 16.5. The summed E-state index contributed by atoms with van der Waals surface area (Å²) >= 11 is 0. The normalized spacial score (nSPS) is 21.6. The number of hydrogen-bond donors (Lipinski definition) is 1. The fraction of sp³-hybridized carbons (Fsp3) is 0.412. The van der Waals surface area contributed by atoms with Crippen LogP contribution in [0.2, 0.25) is 0 Å². The fourth-order valence-corrected chi connectivity index (χ4v) is 3.17. The van der Waals surface area contributed by atoms with Gasteiger partial charge in [0.15, 0.2) is 5.76 Å². The molecule has 3 rings (SSSR count). The van der Waals surface area contributed by atoms with Gasteiger partial charge in [-0.3, -0.25) is 9.69 Å². The topological polar surface area (TPSA) is 75.8 Å². The molecular formula is C17H20N2O4. The summed E-state index contributed by atoms with van der Waals surface area (Å²) in [6.07, 6.45) is 0. The Morgan fingerprint density at radius 3 is 2.87 bits per heavy atom. The smallest absolute Gasteiger partial charge is 0.308 e. The predicted molar refractivity (Wildman–Crippen MR) is 82.8 cm³/mol. The van der Waals surface area contributed by atoms with Crippen molar-refractivity contribution in [3.05, 3.63) is 53.4 Å². The van der Waals surface area contributed by atoms with Crippen molar-refractivity contribution < 1.29 is 19.2 Å². The molecule has 2 heterocycles. The van der Waals surface area contributed by atoms with Crippen LogP contribution in [0.5, 0.6) is 0 Å². The maximum Gasteiger partial charge on any atom is 0.308 e. The molecule has 0 unspecified atom stereocenters. The number of hydrogen-bond acceptors (Lipinski definition) is 5. The number of methoxy groups -OCH3 is 1. The van der Waals surface area contributed by atoms with Crippen molar-refractivity contribution in [2.45, 2.75) is 19.1 Å². The monoisotopic (exact) mass is 316 g/mol. The summed E-state index contributed by atoms with van der Waals surface area (Å²) in [4.78, 5) is 13.7. The van der Waals surface area contributed by atoms with Crippen molar-refractivity contribution in [1.82, 2.24) is 10.1 Å². The van der Waals surface area contributed by atoms with E-state index in [1.54, 1.807) is 7.11 Å². The van der Waals surface area contributed by atoms with E-state index in [4.69, 9.17) is 9.26 Å². The Morgan fingerprint density at radius 1 is 1.39 bits per heavy atom. The maximum atomic E-state index is 11.6. The van der Waals surface area contributed by atoms with E-state index >= 15 is 0 Å². The van der Waals surface area contributed by atoms with Crippen molar-refractivity contribution >= 4 is 5.97 Å². The second-order valence-electron chi connectivity index (χ2n) is 5.87. The van der Waals surface area contributed by atoms with Gasteiger partial charge in [0, 0.05) is 32.2 Å². The van der Waals surface area contributed by atoms with Crippen molar-refractivity contribution in [1.29, 1.82) is 0 Å². The van der Waals surface area contributed by atoms with E-state index in [1.807, 2.05) is 36.4 Å². The van der Waals surface area contributed by atoms with Crippen LogP contribution in [0.25, 0.3) is 0 Å². The molecular weight excluding hydrogens is 296 g/mol. The van der Waals surface area contributed by atoms with Gasteiger partial charge in [-0.2, -0.15) is 0 Å². The highest BCUT2D eigenvalue weighted by Gasteiger charge is 2.38. The van der Waals surface area contributed by atoms with Crippen LogP contribution in [0.1, 0.15) is 22.9 Å². The second kappa shape index (κ2) is 6.93. The van der Waals surface area contributed by atoms with Gasteiger partial charge in [0.2, 0.25) is 0 Å². The predicted octanol–water partition coefficient (Wildman–Crippen LogP) is 2.12. The maximum absolute atomic E-state index is 11.6. The first-order valence-corrected chi connectivity index (χ1v) is 7.61. The molecule has 122 valence electrons. The molecule has 0 radical (unpaired) electrons. The molecule has 1 aromatic carbocycles. The Kier molecular flexibility index (Phi) is 4.73. The summed E-state index contributed by atoms with van der Waals surface area (Å²) < 4.78 is 10.3. The molecule has 1 saturated heterocycles. The van der Waals surface area contributed by atoms with Crippen LogP contribution in [-0.2, 0) is 22.7 Å². The summed E-state index contributed by atoms with van der Waals surface area (Å²) in [7, 11) is 1.61. The average Bonchev–Trinajstić information content (AvgIpc) is 3.16. The number of carbonyl (C=O) groups is 1. The van der Waals surface area contributed by atoms with Crippen LogP contribution in [0.15, 0.2) is 40.9 Å². The van der Waals surface area contributed by atoms with E-state index in [1.165, 1.54) is 0 Å². The number of carboxylic acids is 1. The Hall–Kier alpha value is -2.18. The summed E-state index contributed by atoms with van der Waals surface area (Å²) in [6.45, 7) is 2.17. The molecule has 1 aliphatic heterocycles. The number of carboxylic acid groups (broad SMARTS) is 1. The molecule has 1 N–H and O–H groups in total. The molecule has 0 bridgehead atoms. The SMILES string of the molecule is COCc1cc(CN2C[C@H](C(=O)O)[C@@H](c3ccccc3)C2)on1. The number of nitrogens with zero attached hydrogens (tertiary/aromatic N) is 2. The lowest BCUT2D eigenvalue weighted by Crippen LogP contribution is -2.23. The van der Waals surface area contributed by atoms with Crippen LogP contribution in [0.3, 0.4) is 0 Å². The van der Waals surface area contributed by atoms with E-state index in [0.29, 0.717) is 26.2 Å². The quantitative estimate of drug-likeness (QED) is 0.880. The van der Waals surface area contributed by atoms with E-state index in [2.05, 4.69) is 10.1 Å². The Balaban J connectivity index is 1.71. The third-order valence-electron chi connectivity index (χ3n) is 4.22. The molecule has 6 heteroatoms. The molecule has 0 amide bonds. The summed E-state index contributed by atoms with van der Waals surface area (Å²) in [5.41, 5.74) is 1.82. The van der Waals surface area contributed by atoms with Crippen molar-refractivity contribution in [2.24, 2.45) is 5.92 Å². The third-order valence-corrected chi connectivity index (χ3v) is 4.22. The lowest BCUT2D eigenvalue weighted by atomic mass is 9.89. The molecule has 0 saturated carbocycles. The highest BCUT2D eigenvalue weighted by molar-refractivity contribution is 5.72. The zero-order valence-corrected chi connectivity index (χ0v) is 13.0. The zero-order valence-electron chi connectivity index (χ0n) is 13.0. The van der Waals surface area contributed by atoms with Gasteiger partial charge in [-0.05, 0) is 5.56 Å². The number of benzene rings is 1. The molecule has 1 fully saturated rings. The van der Waals surface area contributed by atoms with Gasteiger partial charge in [0.1, 0.15) is 5.69 Å². The van der Waals surface area contributed by atoms with Crippen molar-refractivity contribution in [2.75, 3.05) is 20.2 Å². The van der Waals surface area contributed by atoms with E-state index in [9.17, 15) is 9.90 Å². The minimum absolute atomic E-state index is 0.00457. The third kappa shape index (κ3) is 3.60. The highest BCUT2D eigenvalue weighted by Crippen LogP contribution is 2.33. The van der Waals surface area contributed by atoms with Crippen LogP contribution < -0.4 is 0 Å². The largest absolute Gasteiger partial charge is 0.481 e. The van der Waals surface area contributed by atoms with Gasteiger partial charge >= 0.3 is 5.97 Å². The molecule has 23 heavy (non-hydrogen) atoms. The first-order chi connectivity index (χ1) is 11.2. The lowest BCUT2D eigenvalue weighted by molar-refractivity contribution is -0.141. The molecule has 0 aliphatic carbocycles. The van der Waals surface area contributed by atoms with Gasteiger partial charge < -0.3 is 14.4 Å². The standard InChI is InChI=1S/C17H20N2O4/c1-22-11-13-7-14(23-18-13)8-19-9-15(16(10-19)17(20)21)12-5-3-2-4-6-12/h2-7,15-16H,8-11H2,1H3,(H,20,21)/t15-,16+/m1/s1. The number of likely N-dealkylation sites (tertiary alicyclic amines) is 1. The molecule has 6 nitrogen and oxygen atoms in total. The van der Waals surface area contributed by atoms with Crippen LogP contribution in [0, 0.1) is 5.92 Å². The number of rotatable bonds is 6.